The molecule has 2 aromatic carbocycles. The molecule has 4 rings (SSSR count). The van der Waals surface area contributed by atoms with Crippen molar-refractivity contribution in [3.63, 3.8) is 0 Å². The Morgan fingerprint density at radius 2 is 1.95 bits per heavy atom. The van der Waals surface area contributed by atoms with Crippen molar-refractivity contribution in [2.75, 3.05) is 5.32 Å². The van der Waals surface area contributed by atoms with Gasteiger partial charge in [-0.15, -0.1) is 0 Å². The van der Waals surface area contributed by atoms with Gasteiger partial charge in [0, 0.05) is 33.9 Å². The fourth-order valence-electron chi connectivity index (χ4n) is 2.79. The van der Waals surface area contributed by atoms with E-state index in [1.165, 1.54) is 0 Å². The molecule has 0 atom stereocenters. The van der Waals surface area contributed by atoms with E-state index in [1.54, 1.807) is 0 Å². The molecule has 0 spiro atoms. The van der Waals surface area contributed by atoms with Crippen molar-refractivity contribution >= 4 is 33.4 Å². The number of carbonyl (C=O) groups excluding carboxylic acids is 1. The Kier molecular flexibility index (Phi) is 2.76. The van der Waals surface area contributed by atoms with Gasteiger partial charge < -0.3 is 15.3 Å². The first-order valence-electron chi connectivity index (χ1n) is 7.17. The van der Waals surface area contributed by atoms with Crippen LogP contribution in [0.1, 0.15) is 16.1 Å². The number of hydrogen-bond donors (Lipinski definition) is 3. The van der Waals surface area contributed by atoms with Crippen LogP contribution in [0.5, 0.6) is 0 Å². The number of carbonyl (C=O) groups is 1. The molecule has 0 unspecified atom stereocenters. The van der Waals surface area contributed by atoms with Crippen LogP contribution in [-0.2, 0) is 0 Å². The molecule has 3 N–H and O–H groups in total. The molecule has 0 aliphatic carbocycles. The molecule has 22 heavy (non-hydrogen) atoms. The summed E-state index contributed by atoms with van der Waals surface area (Å²) in [6, 6.07) is 15.5. The zero-order valence-electron chi connectivity index (χ0n) is 12.1. The third-order valence-electron chi connectivity index (χ3n) is 3.86. The van der Waals surface area contributed by atoms with E-state index in [0.717, 1.165) is 33.2 Å². The topological polar surface area (TPSA) is 60.7 Å². The Morgan fingerprint density at radius 3 is 2.86 bits per heavy atom. The van der Waals surface area contributed by atoms with Gasteiger partial charge in [0.15, 0.2) is 0 Å². The molecule has 2 heterocycles. The highest BCUT2D eigenvalue weighted by Gasteiger charge is 2.10. The molecular formula is C18H15N3O. The number of fused-ring (bicyclic) bond motifs is 2. The number of rotatable bonds is 2. The van der Waals surface area contributed by atoms with Gasteiger partial charge >= 0.3 is 0 Å². The largest absolute Gasteiger partial charge is 0.361 e. The van der Waals surface area contributed by atoms with E-state index >= 15 is 0 Å². The Hall–Kier alpha value is -3.01. The summed E-state index contributed by atoms with van der Waals surface area (Å²) in [4.78, 5) is 18.9. The molecule has 1 amide bonds. The lowest BCUT2D eigenvalue weighted by molar-refractivity contribution is 0.102. The summed E-state index contributed by atoms with van der Waals surface area (Å²) in [6.45, 7) is 2.00. The average molecular weight is 289 g/mol. The number of hydrogen-bond acceptors (Lipinski definition) is 1. The van der Waals surface area contributed by atoms with Crippen LogP contribution in [0.15, 0.2) is 54.7 Å². The minimum absolute atomic E-state index is 0.108. The Bertz CT molecular complexity index is 994. The van der Waals surface area contributed by atoms with Crippen molar-refractivity contribution in [1.82, 2.24) is 9.97 Å². The summed E-state index contributed by atoms with van der Waals surface area (Å²) in [7, 11) is 0. The number of amides is 1. The predicted octanol–water partition coefficient (Wildman–Crippen LogP) is 4.21. The first-order chi connectivity index (χ1) is 10.7. The Morgan fingerprint density at radius 1 is 1.05 bits per heavy atom. The fraction of sp³-hybridized carbons (Fsp3) is 0.0556. The van der Waals surface area contributed by atoms with Crippen LogP contribution in [0.25, 0.3) is 21.8 Å². The van der Waals surface area contributed by atoms with Crippen molar-refractivity contribution in [3.8, 4) is 0 Å². The van der Waals surface area contributed by atoms with Gasteiger partial charge in [-0.3, -0.25) is 4.79 Å². The number of anilines is 1. The summed E-state index contributed by atoms with van der Waals surface area (Å²) in [6.07, 6.45) is 1.87. The maximum Gasteiger partial charge on any atom is 0.255 e. The fourth-order valence-corrected chi connectivity index (χ4v) is 2.79. The van der Waals surface area contributed by atoms with Gasteiger partial charge in [-0.2, -0.15) is 0 Å². The predicted molar refractivity (Wildman–Crippen MR) is 89.3 cm³/mol. The van der Waals surface area contributed by atoms with Gasteiger partial charge in [0.05, 0.1) is 5.69 Å². The monoisotopic (exact) mass is 289 g/mol. The quantitative estimate of drug-likeness (QED) is 0.508. The van der Waals surface area contributed by atoms with Gasteiger partial charge in [-0.25, -0.2) is 0 Å². The third-order valence-corrected chi connectivity index (χ3v) is 3.86. The first kappa shape index (κ1) is 12.7. The van der Waals surface area contributed by atoms with Crippen LogP contribution >= 0.6 is 0 Å². The maximum atomic E-state index is 12.5. The maximum absolute atomic E-state index is 12.5. The second-order valence-corrected chi connectivity index (χ2v) is 5.45. The van der Waals surface area contributed by atoms with E-state index in [9.17, 15) is 4.79 Å². The van der Waals surface area contributed by atoms with Crippen LogP contribution in [-0.4, -0.2) is 15.9 Å². The molecule has 0 aliphatic rings. The summed E-state index contributed by atoms with van der Waals surface area (Å²) in [5, 5.41) is 5.12. The molecule has 0 saturated carbocycles. The second kappa shape index (κ2) is 4.77. The van der Waals surface area contributed by atoms with Gasteiger partial charge in [0.25, 0.3) is 5.91 Å². The number of nitrogens with one attached hydrogen (secondary N) is 3. The number of aromatic nitrogens is 2. The van der Waals surface area contributed by atoms with Crippen LogP contribution in [0.2, 0.25) is 0 Å². The molecule has 0 radical (unpaired) electrons. The molecule has 0 saturated heterocycles. The van der Waals surface area contributed by atoms with Crippen molar-refractivity contribution in [2.24, 2.45) is 0 Å². The van der Waals surface area contributed by atoms with Crippen molar-refractivity contribution < 1.29 is 4.79 Å². The van der Waals surface area contributed by atoms with Gasteiger partial charge in [0.2, 0.25) is 0 Å². The van der Waals surface area contributed by atoms with E-state index in [-0.39, 0.29) is 5.91 Å². The zero-order chi connectivity index (χ0) is 15.1. The Labute approximate surface area is 127 Å². The normalized spacial score (nSPS) is 11.1. The zero-order valence-corrected chi connectivity index (χ0v) is 12.1. The molecule has 108 valence electrons. The van der Waals surface area contributed by atoms with Gasteiger partial charge in [-0.05, 0) is 48.7 Å². The van der Waals surface area contributed by atoms with Gasteiger partial charge in [0.1, 0.15) is 0 Å². The molecule has 2 aromatic heterocycles. The summed E-state index contributed by atoms with van der Waals surface area (Å²) in [5.74, 6) is -0.108. The molecule has 0 bridgehead atoms. The smallest absolute Gasteiger partial charge is 0.255 e. The van der Waals surface area contributed by atoms with E-state index in [2.05, 4.69) is 15.3 Å². The lowest BCUT2D eigenvalue weighted by atomic mass is 10.1. The van der Waals surface area contributed by atoms with E-state index in [0.29, 0.717) is 5.56 Å². The van der Waals surface area contributed by atoms with Crippen molar-refractivity contribution in [1.29, 1.82) is 0 Å². The lowest BCUT2D eigenvalue weighted by Crippen LogP contribution is -2.11. The van der Waals surface area contributed by atoms with E-state index in [1.807, 2.05) is 61.7 Å². The number of aromatic amines is 2. The SMILES string of the molecule is Cc1cc2c(NC(=O)c3ccc4cc[nH]c4c3)cccc2[nH]1. The van der Waals surface area contributed by atoms with Gasteiger partial charge in [-0.1, -0.05) is 12.1 Å². The second-order valence-electron chi connectivity index (χ2n) is 5.45. The van der Waals surface area contributed by atoms with E-state index < -0.39 is 0 Å². The average Bonchev–Trinajstić information content (AvgIpc) is 3.12. The van der Waals surface area contributed by atoms with Crippen LogP contribution in [0.3, 0.4) is 0 Å². The summed E-state index contributed by atoms with van der Waals surface area (Å²) >= 11 is 0. The molecule has 4 aromatic rings. The van der Waals surface area contributed by atoms with Crippen LogP contribution in [0, 0.1) is 6.92 Å². The highest BCUT2D eigenvalue weighted by atomic mass is 16.1. The first-order valence-corrected chi connectivity index (χ1v) is 7.17. The lowest BCUT2D eigenvalue weighted by Gasteiger charge is -2.07. The standard InChI is InChI=1S/C18H15N3O/c1-11-9-14-15(20-11)3-2-4-16(14)21-18(22)13-6-5-12-7-8-19-17(12)10-13/h2-10,19-20H,1H3,(H,21,22). The number of benzene rings is 2. The molecular weight excluding hydrogens is 274 g/mol. The number of H-pyrrole nitrogens is 2. The minimum atomic E-state index is -0.108. The van der Waals surface area contributed by atoms with Crippen LogP contribution < -0.4 is 5.32 Å². The highest BCUT2D eigenvalue weighted by molar-refractivity contribution is 6.10. The number of aryl methyl sites for hydroxylation is 1. The Balaban J connectivity index is 1.70. The molecule has 0 aliphatic heterocycles. The highest BCUT2D eigenvalue weighted by Crippen LogP contribution is 2.25. The minimum Gasteiger partial charge on any atom is -0.361 e. The van der Waals surface area contributed by atoms with E-state index in [4.69, 9.17) is 0 Å². The molecule has 4 heteroatoms. The molecule has 0 fully saturated rings. The summed E-state index contributed by atoms with van der Waals surface area (Å²) in [5.41, 5.74) is 4.51. The summed E-state index contributed by atoms with van der Waals surface area (Å²) < 4.78 is 0. The molecule has 4 nitrogen and oxygen atoms in total. The van der Waals surface area contributed by atoms with Crippen LogP contribution in [0.4, 0.5) is 5.69 Å². The van der Waals surface area contributed by atoms with Crippen molar-refractivity contribution in [2.45, 2.75) is 6.92 Å². The van der Waals surface area contributed by atoms with Crippen molar-refractivity contribution in [3.05, 3.63) is 66.0 Å². The third kappa shape index (κ3) is 2.05.